The number of carbonyl (C=O) groups is 1. The molecule has 206 valence electrons. The van der Waals surface area contributed by atoms with Crippen LogP contribution in [-0.2, 0) is 21.0 Å². The Morgan fingerprint density at radius 2 is 1.74 bits per heavy atom. The van der Waals surface area contributed by atoms with Crippen molar-refractivity contribution in [3.63, 3.8) is 0 Å². The number of ether oxygens (including phenoxy) is 1. The molecule has 0 bridgehead atoms. The summed E-state index contributed by atoms with van der Waals surface area (Å²) < 4.78 is 103. The summed E-state index contributed by atoms with van der Waals surface area (Å²) >= 11 is 0. The Balaban J connectivity index is 1.55. The standard InChI is InChI=1S/C27H23F5N2O4S/c1-16(35)33-13-17(14-33)9-21-15-34(39(36,37)22-4-2-3-19(11-22)27(30,31)32)25-10-18(5-8-26(25)38-21)23-12-20(28)6-7-24(23)29/h2-8,10-12,17,21H,9,13-15H2,1H3/t21-/m0/s1. The number of benzene rings is 3. The minimum absolute atomic E-state index is 0.0104. The third kappa shape index (κ3) is 5.29. The summed E-state index contributed by atoms with van der Waals surface area (Å²) in [6.07, 6.45) is -5.02. The van der Waals surface area contributed by atoms with E-state index in [9.17, 15) is 35.2 Å². The van der Waals surface area contributed by atoms with Crippen LogP contribution in [0.1, 0.15) is 18.9 Å². The molecule has 0 unspecified atom stereocenters. The van der Waals surface area contributed by atoms with E-state index in [4.69, 9.17) is 4.74 Å². The highest BCUT2D eigenvalue weighted by atomic mass is 32.2. The Kier molecular flexibility index (Phi) is 6.78. The van der Waals surface area contributed by atoms with Gasteiger partial charge < -0.3 is 9.64 Å². The van der Waals surface area contributed by atoms with Gasteiger partial charge in [-0.25, -0.2) is 17.2 Å². The van der Waals surface area contributed by atoms with E-state index in [1.807, 2.05) is 0 Å². The van der Waals surface area contributed by atoms with E-state index < -0.39 is 44.4 Å². The number of rotatable bonds is 5. The molecule has 1 atom stereocenters. The van der Waals surface area contributed by atoms with E-state index in [0.29, 0.717) is 25.6 Å². The third-order valence-corrected chi connectivity index (χ3v) is 8.65. The van der Waals surface area contributed by atoms with Gasteiger partial charge in [0.2, 0.25) is 5.91 Å². The zero-order valence-electron chi connectivity index (χ0n) is 20.6. The van der Waals surface area contributed by atoms with Crippen molar-refractivity contribution in [2.75, 3.05) is 23.9 Å². The first-order valence-corrected chi connectivity index (χ1v) is 13.5. The van der Waals surface area contributed by atoms with Crippen molar-refractivity contribution < 1.29 is 39.9 Å². The van der Waals surface area contributed by atoms with Gasteiger partial charge in [0.15, 0.2) is 0 Å². The van der Waals surface area contributed by atoms with Gasteiger partial charge in [-0.3, -0.25) is 9.10 Å². The summed E-state index contributed by atoms with van der Waals surface area (Å²) in [5.41, 5.74) is -1.09. The van der Waals surface area contributed by atoms with Crippen molar-refractivity contribution >= 4 is 21.6 Å². The number of fused-ring (bicyclic) bond motifs is 1. The number of amides is 1. The van der Waals surface area contributed by atoms with Crippen LogP contribution in [0.4, 0.5) is 27.6 Å². The summed E-state index contributed by atoms with van der Waals surface area (Å²) in [7, 11) is -4.54. The van der Waals surface area contributed by atoms with Gasteiger partial charge in [-0.1, -0.05) is 12.1 Å². The van der Waals surface area contributed by atoms with E-state index in [0.717, 1.165) is 40.7 Å². The van der Waals surface area contributed by atoms with Crippen molar-refractivity contribution in [1.82, 2.24) is 4.90 Å². The number of likely N-dealkylation sites (tertiary alicyclic amines) is 1. The predicted molar refractivity (Wildman–Crippen MR) is 133 cm³/mol. The first-order chi connectivity index (χ1) is 18.3. The summed E-state index contributed by atoms with van der Waals surface area (Å²) in [5.74, 6) is -1.33. The Morgan fingerprint density at radius 1 is 1.00 bits per heavy atom. The molecule has 1 amide bonds. The van der Waals surface area contributed by atoms with Crippen LogP contribution in [0.2, 0.25) is 0 Å². The molecule has 6 nitrogen and oxygen atoms in total. The molecule has 2 aliphatic rings. The van der Waals surface area contributed by atoms with E-state index in [1.54, 1.807) is 4.90 Å². The first-order valence-electron chi connectivity index (χ1n) is 12.0. The van der Waals surface area contributed by atoms with Gasteiger partial charge in [-0.05, 0) is 66.4 Å². The Bertz CT molecular complexity index is 1540. The van der Waals surface area contributed by atoms with E-state index in [-0.39, 0.29) is 40.9 Å². The molecule has 12 heteroatoms. The van der Waals surface area contributed by atoms with Crippen LogP contribution in [-0.4, -0.2) is 45.0 Å². The van der Waals surface area contributed by atoms with Crippen molar-refractivity contribution in [1.29, 1.82) is 0 Å². The normalized spacial score (nSPS) is 17.8. The van der Waals surface area contributed by atoms with Gasteiger partial charge >= 0.3 is 6.18 Å². The molecule has 0 spiro atoms. The molecule has 3 aromatic carbocycles. The lowest BCUT2D eigenvalue weighted by Gasteiger charge is -2.42. The predicted octanol–water partition coefficient (Wildman–Crippen LogP) is 5.48. The van der Waals surface area contributed by atoms with E-state index in [1.165, 1.54) is 25.1 Å². The molecule has 0 aromatic heterocycles. The van der Waals surface area contributed by atoms with Crippen LogP contribution in [0.25, 0.3) is 11.1 Å². The third-order valence-electron chi connectivity index (χ3n) is 6.88. The lowest BCUT2D eigenvalue weighted by atomic mass is 9.92. The molecule has 1 fully saturated rings. The van der Waals surface area contributed by atoms with Crippen LogP contribution < -0.4 is 9.04 Å². The lowest BCUT2D eigenvalue weighted by Crippen LogP contribution is -2.52. The molecule has 2 heterocycles. The number of carbonyl (C=O) groups excluding carboxylic acids is 1. The zero-order chi connectivity index (χ0) is 28.1. The average Bonchev–Trinajstić information content (AvgIpc) is 2.86. The molecule has 2 aliphatic heterocycles. The number of nitrogens with zero attached hydrogens (tertiary/aromatic N) is 2. The van der Waals surface area contributed by atoms with Crippen molar-refractivity contribution in [2.45, 2.75) is 30.5 Å². The largest absolute Gasteiger partial charge is 0.486 e. The molecular weight excluding hydrogens is 543 g/mol. The molecule has 0 aliphatic carbocycles. The Hall–Kier alpha value is -3.67. The fourth-order valence-electron chi connectivity index (χ4n) is 4.86. The van der Waals surface area contributed by atoms with Crippen LogP contribution in [0.3, 0.4) is 0 Å². The van der Waals surface area contributed by atoms with Gasteiger partial charge in [0.05, 0.1) is 22.7 Å². The maximum Gasteiger partial charge on any atom is 0.416 e. The van der Waals surface area contributed by atoms with Gasteiger partial charge in [0.25, 0.3) is 10.0 Å². The summed E-state index contributed by atoms with van der Waals surface area (Å²) in [6, 6.07) is 10.5. The topological polar surface area (TPSA) is 66.9 Å². The lowest BCUT2D eigenvalue weighted by molar-refractivity contribution is -0.138. The molecule has 0 N–H and O–H groups in total. The van der Waals surface area contributed by atoms with Gasteiger partial charge in [-0.2, -0.15) is 13.2 Å². The molecule has 5 rings (SSSR count). The second-order valence-electron chi connectivity index (χ2n) is 9.63. The minimum atomic E-state index is -4.76. The SMILES string of the molecule is CC(=O)N1CC(C[C@H]2CN(S(=O)(=O)c3cccc(C(F)(F)F)c3)c3cc(-c4cc(F)ccc4F)ccc3O2)C1. The quantitative estimate of drug-likeness (QED) is 0.384. The van der Waals surface area contributed by atoms with Crippen molar-refractivity contribution in [3.05, 3.63) is 77.9 Å². The monoisotopic (exact) mass is 566 g/mol. The van der Waals surface area contributed by atoms with Gasteiger partial charge in [0, 0.05) is 25.6 Å². The molecular formula is C27H23F5N2O4S. The maximum atomic E-state index is 14.5. The van der Waals surface area contributed by atoms with Crippen LogP contribution in [0, 0.1) is 17.6 Å². The smallest absolute Gasteiger partial charge is 0.416 e. The zero-order valence-corrected chi connectivity index (χ0v) is 21.4. The van der Waals surface area contributed by atoms with Gasteiger partial charge in [-0.15, -0.1) is 0 Å². The average molecular weight is 567 g/mol. The summed E-state index contributed by atoms with van der Waals surface area (Å²) in [5, 5.41) is 0. The highest BCUT2D eigenvalue weighted by Gasteiger charge is 2.39. The maximum absolute atomic E-state index is 14.5. The van der Waals surface area contributed by atoms with Gasteiger partial charge in [0.1, 0.15) is 23.5 Å². The molecule has 0 radical (unpaired) electrons. The molecule has 39 heavy (non-hydrogen) atoms. The van der Waals surface area contributed by atoms with Crippen LogP contribution >= 0.6 is 0 Å². The first kappa shape index (κ1) is 26.9. The molecule has 0 saturated carbocycles. The number of sulfonamides is 1. The molecule has 1 saturated heterocycles. The number of hydrogen-bond acceptors (Lipinski definition) is 4. The summed E-state index contributed by atoms with van der Waals surface area (Å²) in [4.78, 5) is 12.6. The number of halogens is 5. The Labute approximate surface area is 221 Å². The van der Waals surface area contributed by atoms with Crippen LogP contribution in [0.15, 0.2) is 65.6 Å². The minimum Gasteiger partial charge on any atom is -0.486 e. The Morgan fingerprint density at radius 3 is 2.44 bits per heavy atom. The van der Waals surface area contributed by atoms with Crippen molar-refractivity contribution in [3.8, 4) is 16.9 Å². The number of alkyl halides is 3. The highest BCUT2D eigenvalue weighted by molar-refractivity contribution is 7.92. The highest BCUT2D eigenvalue weighted by Crippen LogP contribution is 2.42. The number of anilines is 1. The number of hydrogen-bond donors (Lipinski definition) is 0. The van der Waals surface area contributed by atoms with E-state index >= 15 is 0 Å². The van der Waals surface area contributed by atoms with Crippen LogP contribution in [0.5, 0.6) is 5.75 Å². The molecule has 3 aromatic rings. The second kappa shape index (κ2) is 9.82. The van der Waals surface area contributed by atoms with E-state index in [2.05, 4.69) is 0 Å². The fraction of sp³-hybridized carbons (Fsp3) is 0.296. The second-order valence-corrected chi connectivity index (χ2v) is 11.5. The summed E-state index contributed by atoms with van der Waals surface area (Å²) in [6.45, 7) is 2.20. The fourth-order valence-corrected chi connectivity index (χ4v) is 6.40. The van der Waals surface area contributed by atoms with Crippen molar-refractivity contribution in [2.24, 2.45) is 5.92 Å².